The summed E-state index contributed by atoms with van der Waals surface area (Å²) in [5, 5.41) is 0.472. The summed E-state index contributed by atoms with van der Waals surface area (Å²) in [7, 11) is 0. The van der Waals surface area contributed by atoms with E-state index in [0.29, 0.717) is 5.69 Å². The lowest BCUT2D eigenvalue weighted by Gasteiger charge is -2.15. The van der Waals surface area contributed by atoms with Crippen LogP contribution in [0.5, 0.6) is 0 Å². The topological polar surface area (TPSA) is 74.4 Å². The molecule has 0 saturated carbocycles. The van der Waals surface area contributed by atoms with Gasteiger partial charge < -0.3 is 9.97 Å². The van der Waals surface area contributed by atoms with E-state index in [4.69, 9.17) is 4.98 Å². The monoisotopic (exact) mass is 384 g/mol. The molecule has 2 N–H and O–H groups in total. The van der Waals surface area contributed by atoms with E-state index in [1.165, 1.54) is 11.8 Å². The van der Waals surface area contributed by atoms with Gasteiger partial charge in [0, 0.05) is 0 Å². The van der Waals surface area contributed by atoms with Crippen LogP contribution in [0.25, 0.3) is 22.1 Å². The van der Waals surface area contributed by atoms with Crippen LogP contribution in [0.3, 0.4) is 0 Å². The molecular weight excluding hydrogens is 368 g/mol. The summed E-state index contributed by atoms with van der Waals surface area (Å²) in [5.74, 6) is 0. The predicted molar refractivity (Wildman–Crippen MR) is 113 cm³/mol. The molecule has 0 fully saturated rings. The number of aromatic amines is 2. The summed E-state index contributed by atoms with van der Waals surface area (Å²) < 4.78 is 0. The van der Waals surface area contributed by atoms with Crippen molar-refractivity contribution < 1.29 is 0 Å². The summed E-state index contributed by atoms with van der Waals surface area (Å²) in [6, 6.07) is 25.4. The molecule has 3 aromatic carbocycles. The Bertz CT molecular complexity index is 1290. The van der Waals surface area contributed by atoms with Crippen molar-refractivity contribution in [1.82, 2.24) is 19.9 Å². The van der Waals surface area contributed by atoms with Crippen molar-refractivity contribution in [3.05, 3.63) is 100 Å². The number of rotatable bonds is 4. The van der Waals surface area contributed by atoms with Crippen molar-refractivity contribution in [3.8, 4) is 0 Å². The summed E-state index contributed by atoms with van der Waals surface area (Å²) in [6.45, 7) is 0. The Hall–Kier alpha value is -3.38. The van der Waals surface area contributed by atoms with Gasteiger partial charge in [0.2, 0.25) is 0 Å². The highest BCUT2D eigenvalue weighted by molar-refractivity contribution is 7.99. The van der Waals surface area contributed by atoms with Gasteiger partial charge in [-0.1, -0.05) is 66.4 Å². The molecular formula is C22H16N4OS. The molecule has 0 bridgehead atoms. The van der Waals surface area contributed by atoms with E-state index >= 15 is 0 Å². The lowest BCUT2D eigenvalue weighted by atomic mass is 10.1. The number of hydrogen-bond acceptors (Lipinski definition) is 4. The molecule has 1 unspecified atom stereocenters. The van der Waals surface area contributed by atoms with E-state index in [2.05, 4.69) is 15.0 Å². The maximum atomic E-state index is 12.8. The second-order valence-electron chi connectivity index (χ2n) is 6.44. The van der Waals surface area contributed by atoms with Gasteiger partial charge in [-0.15, -0.1) is 0 Å². The molecule has 5 nitrogen and oxygen atoms in total. The Kier molecular flexibility index (Phi) is 4.18. The molecule has 136 valence electrons. The normalized spacial score (nSPS) is 12.4. The van der Waals surface area contributed by atoms with E-state index in [0.717, 1.165) is 32.8 Å². The maximum Gasteiger partial charge on any atom is 0.271 e. The molecule has 0 amide bonds. The van der Waals surface area contributed by atoms with E-state index in [1.807, 2.05) is 78.9 Å². The van der Waals surface area contributed by atoms with Gasteiger partial charge >= 0.3 is 0 Å². The van der Waals surface area contributed by atoms with Gasteiger partial charge in [0.25, 0.3) is 5.56 Å². The maximum absolute atomic E-state index is 12.8. The zero-order valence-corrected chi connectivity index (χ0v) is 15.6. The van der Waals surface area contributed by atoms with Crippen LogP contribution in [0, 0.1) is 0 Å². The standard InChI is InChI=1S/C22H16N4OS/c27-21-19(23-15-10-4-5-11-16(15)24-21)20(14-8-2-1-3-9-14)28-22-25-17-12-6-7-13-18(17)26-22/h1-13,20H,(H,24,27)(H,25,26). The quantitative estimate of drug-likeness (QED) is 0.441. The Morgan fingerprint density at radius 1 is 0.714 bits per heavy atom. The highest BCUT2D eigenvalue weighted by Gasteiger charge is 2.23. The second-order valence-corrected chi connectivity index (χ2v) is 7.53. The number of nitrogens with one attached hydrogen (secondary N) is 2. The lowest BCUT2D eigenvalue weighted by Crippen LogP contribution is -2.18. The molecule has 5 aromatic rings. The Balaban J connectivity index is 1.64. The smallest absolute Gasteiger partial charge is 0.271 e. The fraction of sp³-hybridized carbons (Fsp3) is 0.0455. The fourth-order valence-corrected chi connectivity index (χ4v) is 4.34. The Morgan fingerprint density at radius 3 is 2.04 bits per heavy atom. The van der Waals surface area contributed by atoms with Crippen LogP contribution in [0.2, 0.25) is 0 Å². The van der Waals surface area contributed by atoms with Gasteiger partial charge in [0.15, 0.2) is 5.16 Å². The van der Waals surface area contributed by atoms with E-state index in [1.54, 1.807) is 0 Å². The average molecular weight is 384 g/mol. The number of benzene rings is 3. The Labute approximate surface area is 164 Å². The number of imidazole rings is 1. The molecule has 28 heavy (non-hydrogen) atoms. The van der Waals surface area contributed by atoms with Crippen LogP contribution in [-0.2, 0) is 0 Å². The van der Waals surface area contributed by atoms with Crippen LogP contribution in [0.15, 0.2) is 88.8 Å². The fourth-order valence-electron chi connectivity index (χ4n) is 3.23. The number of hydrogen-bond donors (Lipinski definition) is 2. The van der Waals surface area contributed by atoms with Crippen molar-refractivity contribution in [2.45, 2.75) is 10.4 Å². The number of H-pyrrole nitrogens is 2. The first-order valence-electron chi connectivity index (χ1n) is 8.93. The van der Waals surface area contributed by atoms with Crippen molar-refractivity contribution in [2.24, 2.45) is 0 Å². The molecule has 0 aliphatic rings. The van der Waals surface area contributed by atoms with Crippen molar-refractivity contribution in [2.75, 3.05) is 0 Å². The van der Waals surface area contributed by atoms with E-state index in [-0.39, 0.29) is 10.8 Å². The largest absolute Gasteiger partial charge is 0.333 e. The molecule has 0 radical (unpaired) electrons. The van der Waals surface area contributed by atoms with Crippen LogP contribution in [-0.4, -0.2) is 19.9 Å². The molecule has 2 aromatic heterocycles. The van der Waals surface area contributed by atoms with Gasteiger partial charge in [-0.2, -0.15) is 0 Å². The lowest BCUT2D eigenvalue weighted by molar-refractivity contribution is 0.989. The van der Waals surface area contributed by atoms with Gasteiger partial charge in [-0.25, -0.2) is 9.97 Å². The number of para-hydroxylation sites is 4. The summed E-state index contributed by atoms with van der Waals surface area (Å²) in [5.41, 5.74) is 4.65. The summed E-state index contributed by atoms with van der Waals surface area (Å²) >= 11 is 1.49. The third-order valence-corrected chi connectivity index (χ3v) is 5.72. The molecule has 0 aliphatic heterocycles. The van der Waals surface area contributed by atoms with Gasteiger partial charge in [-0.3, -0.25) is 4.79 Å². The van der Waals surface area contributed by atoms with Crippen molar-refractivity contribution in [1.29, 1.82) is 0 Å². The van der Waals surface area contributed by atoms with Crippen molar-refractivity contribution >= 4 is 33.8 Å². The molecule has 6 heteroatoms. The third-order valence-electron chi connectivity index (χ3n) is 4.57. The number of thioether (sulfide) groups is 1. The van der Waals surface area contributed by atoms with Gasteiger partial charge in [0.05, 0.1) is 27.3 Å². The summed E-state index contributed by atoms with van der Waals surface area (Å²) in [6.07, 6.45) is 0. The number of fused-ring (bicyclic) bond motifs is 2. The van der Waals surface area contributed by atoms with Crippen molar-refractivity contribution in [3.63, 3.8) is 0 Å². The predicted octanol–water partition coefficient (Wildman–Crippen LogP) is 4.68. The molecule has 1 atom stereocenters. The zero-order valence-electron chi connectivity index (χ0n) is 14.8. The first kappa shape index (κ1) is 16.8. The Morgan fingerprint density at radius 2 is 1.32 bits per heavy atom. The summed E-state index contributed by atoms with van der Waals surface area (Å²) in [4.78, 5) is 28.5. The minimum absolute atomic E-state index is 0.184. The first-order valence-corrected chi connectivity index (χ1v) is 9.81. The van der Waals surface area contributed by atoms with E-state index < -0.39 is 0 Å². The molecule has 0 spiro atoms. The molecule has 0 saturated heterocycles. The molecule has 2 heterocycles. The number of nitrogens with zero attached hydrogens (tertiary/aromatic N) is 2. The highest BCUT2D eigenvalue weighted by atomic mass is 32.2. The average Bonchev–Trinajstić information content (AvgIpc) is 3.15. The van der Waals surface area contributed by atoms with Crippen LogP contribution < -0.4 is 5.56 Å². The second kappa shape index (κ2) is 6.98. The zero-order chi connectivity index (χ0) is 18.9. The number of aromatic nitrogens is 4. The van der Waals surface area contributed by atoms with Gasteiger partial charge in [-0.05, 0) is 29.8 Å². The van der Waals surface area contributed by atoms with Crippen LogP contribution >= 0.6 is 11.8 Å². The SMILES string of the molecule is O=c1[nH]c2ccccc2nc1C(Sc1nc2ccccc2[nH]1)c1ccccc1. The minimum atomic E-state index is -0.282. The molecule has 0 aliphatic carbocycles. The third kappa shape index (κ3) is 3.08. The van der Waals surface area contributed by atoms with Gasteiger partial charge in [0.1, 0.15) is 5.69 Å². The van der Waals surface area contributed by atoms with Crippen LogP contribution in [0.1, 0.15) is 16.5 Å². The minimum Gasteiger partial charge on any atom is -0.333 e. The van der Waals surface area contributed by atoms with Crippen LogP contribution in [0.4, 0.5) is 0 Å². The first-order chi connectivity index (χ1) is 13.8. The van der Waals surface area contributed by atoms with E-state index in [9.17, 15) is 4.79 Å². The highest BCUT2D eigenvalue weighted by Crippen LogP contribution is 2.38. The molecule has 5 rings (SSSR count).